The molecular formula is C34H30N2O2. The number of hydrogen-bond acceptors (Lipinski definition) is 3. The van der Waals surface area contributed by atoms with Crippen molar-refractivity contribution in [2.75, 3.05) is 18.5 Å². The minimum atomic E-state index is -0.362. The molecule has 1 atom stereocenters. The van der Waals surface area contributed by atoms with Crippen molar-refractivity contribution in [2.24, 2.45) is 0 Å². The van der Waals surface area contributed by atoms with E-state index in [0.29, 0.717) is 18.7 Å². The maximum Gasteiger partial charge on any atom is 0.257 e. The smallest absolute Gasteiger partial charge is 0.257 e. The number of para-hydroxylation sites is 1. The Morgan fingerprint density at radius 3 is 2.13 bits per heavy atom. The molecule has 5 aromatic rings. The van der Waals surface area contributed by atoms with Crippen molar-refractivity contribution in [1.82, 2.24) is 4.90 Å². The quantitative estimate of drug-likeness (QED) is 0.245. The molecule has 0 aliphatic carbocycles. The van der Waals surface area contributed by atoms with Crippen molar-refractivity contribution in [3.05, 3.63) is 144 Å². The van der Waals surface area contributed by atoms with E-state index in [1.807, 2.05) is 71.6 Å². The zero-order valence-corrected chi connectivity index (χ0v) is 21.2. The van der Waals surface area contributed by atoms with Gasteiger partial charge < -0.3 is 15.0 Å². The summed E-state index contributed by atoms with van der Waals surface area (Å²) in [6.07, 6.45) is 1.21. The first-order chi connectivity index (χ1) is 18.8. The van der Waals surface area contributed by atoms with E-state index in [1.54, 1.807) is 0 Å². The van der Waals surface area contributed by atoms with E-state index in [0.717, 1.165) is 40.6 Å². The van der Waals surface area contributed by atoms with Gasteiger partial charge in [-0.05, 0) is 46.5 Å². The molecule has 1 aliphatic rings. The highest BCUT2D eigenvalue weighted by Crippen LogP contribution is 2.40. The number of hydrogen-bond donors (Lipinski definition) is 1. The van der Waals surface area contributed by atoms with Crippen LogP contribution in [0.3, 0.4) is 0 Å². The van der Waals surface area contributed by atoms with E-state index in [9.17, 15) is 4.79 Å². The minimum Gasteiger partial charge on any atom is -0.493 e. The van der Waals surface area contributed by atoms with Crippen LogP contribution in [0.5, 0.6) is 5.75 Å². The highest BCUT2D eigenvalue weighted by Gasteiger charge is 2.35. The van der Waals surface area contributed by atoms with E-state index < -0.39 is 0 Å². The number of carbonyl (C=O) groups is 1. The molecule has 1 N–H and O–H groups in total. The molecule has 4 heteroatoms. The van der Waals surface area contributed by atoms with Crippen LogP contribution in [0, 0.1) is 0 Å². The molecule has 188 valence electrons. The van der Waals surface area contributed by atoms with Gasteiger partial charge in [0.2, 0.25) is 0 Å². The summed E-state index contributed by atoms with van der Waals surface area (Å²) in [7, 11) is 0. The van der Waals surface area contributed by atoms with Gasteiger partial charge in [0.05, 0.1) is 12.2 Å². The Kier molecular flexibility index (Phi) is 6.77. The van der Waals surface area contributed by atoms with Crippen LogP contribution < -0.4 is 10.1 Å². The van der Waals surface area contributed by atoms with Gasteiger partial charge in [-0.25, -0.2) is 0 Å². The molecule has 0 bridgehead atoms. The minimum absolute atomic E-state index is 0.0310. The average molecular weight is 499 g/mol. The maximum absolute atomic E-state index is 13.9. The fourth-order valence-electron chi connectivity index (χ4n) is 5.25. The summed E-state index contributed by atoms with van der Waals surface area (Å²) in [5, 5.41) is 5.90. The molecular weight excluding hydrogens is 468 g/mol. The molecule has 1 amide bonds. The van der Waals surface area contributed by atoms with Gasteiger partial charge in [0.1, 0.15) is 11.9 Å². The van der Waals surface area contributed by atoms with Crippen LogP contribution in [-0.4, -0.2) is 24.0 Å². The summed E-state index contributed by atoms with van der Waals surface area (Å²) in [6.45, 7) is 1.14. The molecule has 0 fully saturated rings. The first-order valence-corrected chi connectivity index (χ1v) is 13.2. The molecule has 1 heterocycles. The lowest BCUT2D eigenvalue weighted by Gasteiger charge is -2.39. The van der Waals surface area contributed by atoms with Crippen molar-refractivity contribution in [3.8, 4) is 5.75 Å². The number of amides is 1. The third-order valence-corrected chi connectivity index (χ3v) is 7.20. The molecule has 1 aliphatic heterocycles. The normalized spacial score (nSPS) is 14.7. The van der Waals surface area contributed by atoms with Crippen molar-refractivity contribution in [1.29, 1.82) is 0 Å². The van der Waals surface area contributed by atoms with Crippen LogP contribution in [0.4, 0.5) is 5.69 Å². The molecule has 0 radical (unpaired) electrons. The lowest BCUT2D eigenvalue weighted by molar-refractivity contribution is 0.0684. The molecule has 4 nitrogen and oxygen atoms in total. The number of nitrogens with zero attached hydrogens (tertiary/aromatic N) is 1. The van der Waals surface area contributed by atoms with E-state index >= 15 is 0 Å². The van der Waals surface area contributed by atoms with E-state index in [1.165, 1.54) is 11.1 Å². The zero-order chi connectivity index (χ0) is 25.7. The van der Waals surface area contributed by atoms with Crippen LogP contribution in [0.1, 0.15) is 33.2 Å². The second-order valence-electron chi connectivity index (χ2n) is 9.61. The fourth-order valence-corrected chi connectivity index (χ4v) is 5.25. The monoisotopic (exact) mass is 498 g/mol. The number of nitrogens with one attached hydrogen (secondary N) is 1. The Hall–Kier alpha value is -4.57. The molecule has 5 aromatic carbocycles. The maximum atomic E-state index is 13.9. The fraction of sp³-hybridized carbons (Fsp3) is 0.147. The van der Waals surface area contributed by atoms with Crippen molar-refractivity contribution >= 4 is 22.4 Å². The largest absolute Gasteiger partial charge is 0.493 e. The molecule has 0 spiro atoms. The van der Waals surface area contributed by atoms with Gasteiger partial charge in [-0.1, -0.05) is 103 Å². The van der Waals surface area contributed by atoms with E-state index in [4.69, 9.17) is 4.74 Å². The lowest BCUT2D eigenvalue weighted by atomic mass is 9.97. The highest BCUT2D eigenvalue weighted by atomic mass is 16.5. The Labute approximate surface area is 223 Å². The van der Waals surface area contributed by atoms with Gasteiger partial charge in [-0.2, -0.15) is 0 Å². The predicted octanol–water partition coefficient (Wildman–Crippen LogP) is 7.27. The van der Waals surface area contributed by atoms with Gasteiger partial charge in [0.25, 0.3) is 5.91 Å². The van der Waals surface area contributed by atoms with Crippen LogP contribution in [0.2, 0.25) is 0 Å². The van der Waals surface area contributed by atoms with Crippen LogP contribution in [0.25, 0.3) is 10.8 Å². The summed E-state index contributed by atoms with van der Waals surface area (Å²) in [6, 6.07) is 40.9. The predicted molar refractivity (Wildman–Crippen MR) is 154 cm³/mol. The third kappa shape index (κ3) is 4.85. The van der Waals surface area contributed by atoms with E-state index in [-0.39, 0.29) is 12.1 Å². The number of anilines is 1. The second kappa shape index (κ2) is 10.8. The first-order valence-electron chi connectivity index (χ1n) is 13.2. The highest BCUT2D eigenvalue weighted by molar-refractivity contribution is 6.02. The SMILES string of the molecule is O=C1c2ccccc2NC(c2c(OCCc3ccccc3)ccc3ccccc23)N1CCc1ccccc1. The van der Waals surface area contributed by atoms with Gasteiger partial charge >= 0.3 is 0 Å². The van der Waals surface area contributed by atoms with Crippen LogP contribution >= 0.6 is 0 Å². The van der Waals surface area contributed by atoms with Gasteiger partial charge in [0.15, 0.2) is 0 Å². The third-order valence-electron chi connectivity index (χ3n) is 7.20. The zero-order valence-electron chi connectivity index (χ0n) is 21.2. The average Bonchev–Trinajstić information content (AvgIpc) is 2.97. The Balaban J connectivity index is 1.39. The Morgan fingerprint density at radius 2 is 1.34 bits per heavy atom. The number of carbonyl (C=O) groups excluding carboxylic acids is 1. The van der Waals surface area contributed by atoms with Crippen molar-refractivity contribution in [3.63, 3.8) is 0 Å². The van der Waals surface area contributed by atoms with Crippen LogP contribution in [0.15, 0.2) is 121 Å². The van der Waals surface area contributed by atoms with Gasteiger partial charge in [-0.15, -0.1) is 0 Å². The van der Waals surface area contributed by atoms with Gasteiger partial charge in [0, 0.05) is 24.2 Å². The van der Waals surface area contributed by atoms with Gasteiger partial charge in [-0.3, -0.25) is 4.79 Å². The number of rotatable bonds is 8. The van der Waals surface area contributed by atoms with E-state index in [2.05, 4.69) is 59.9 Å². The second-order valence-corrected chi connectivity index (χ2v) is 9.61. The summed E-state index contributed by atoms with van der Waals surface area (Å²) >= 11 is 0. The number of benzene rings is 5. The molecule has 6 rings (SSSR count). The summed E-state index contributed by atoms with van der Waals surface area (Å²) in [4.78, 5) is 15.9. The number of fused-ring (bicyclic) bond motifs is 2. The molecule has 0 aromatic heterocycles. The molecule has 0 saturated heterocycles. The molecule has 1 unspecified atom stereocenters. The molecule has 0 saturated carbocycles. The Bertz CT molecular complexity index is 1550. The van der Waals surface area contributed by atoms with Crippen molar-refractivity contribution in [2.45, 2.75) is 19.0 Å². The summed E-state index contributed by atoms with van der Waals surface area (Å²) in [5.41, 5.74) is 4.98. The summed E-state index contributed by atoms with van der Waals surface area (Å²) in [5.74, 6) is 0.831. The van der Waals surface area contributed by atoms with Crippen LogP contribution in [-0.2, 0) is 12.8 Å². The lowest BCUT2D eigenvalue weighted by Crippen LogP contribution is -2.44. The summed E-state index contributed by atoms with van der Waals surface area (Å²) < 4.78 is 6.46. The molecule has 38 heavy (non-hydrogen) atoms. The van der Waals surface area contributed by atoms with Crippen molar-refractivity contribution < 1.29 is 9.53 Å². The first kappa shape index (κ1) is 23.8. The topological polar surface area (TPSA) is 41.6 Å². The Morgan fingerprint density at radius 1 is 0.684 bits per heavy atom. The standard InChI is InChI=1S/C34H30N2O2/c37-34-29-17-9-10-18-30(29)35-33(36(34)23-21-25-11-3-1-4-12-25)32-28-16-8-7-15-27(28)19-20-31(32)38-24-22-26-13-5-2-6-14-26/h1-20,33,35H,21-24H2. The number of ether oxygens (including phenoxy) is 1.